The molecule has 21 heavy (non-hydrogen) atoms. The maximum atomic E-state index is 12.3. The highest BCUT2D eigenvalue weighted by atomic mass is 79.9. The predicted octanol–water partition coefficient (Wildman–Crippen LogP) is 3.34. The molecule has 2 N–H and O–H groups in total. The Morgan fingerprint density at radius 1 is 1.48 bits per heavy atom. The zero-order chi connectivity index (χ0) is 15.6. The second kappa shape index (κ2) is 6.62. The molecule has 0 bridgehead atoms. The van der Waals surface area contributed by atoms with Crippen LogP contribution in [0.2, 0.25) is 0 Å². The molecule has 1 aromatic heterocycles. The molecule has 0 saturated carbocycles. The van der Waals surface area contributed by atoms with Gasteiger partial charge in [0.25, 0.3) is 0 Å². The van der Waals surface area contributed by atoms with E-state index in [2.05, 4.69) is 26.6 Å². The van der Waals surface area contributed by atoms with Crippen molar-refractivity contribution in [3.05, 3.63) is 32.1 Å². The van der Waals surface area contributed by atoms with Gasteiger partial charge >= 0.3 is 12.0 Å². The first-order valence-electron chi connectivity index (χ1n) is 6.59. The largest absolute Gasteiger partial charge is 0.462 e. The molecular formula is C14H17BrN2O3S. The van der Waals surface area contributed by atoms with E-state index in [1.165, 1.54) is 11.3 Å². The van der Waals surface area contributed by atoms with Crippen molar-refractivity contribution in [1.82, 2.24) is 10.6 Å². The quantitative estimate of drug-likeness (QED) is 0.796. The van der Waals surface area contributed by atoms with Crippen LogP contribution >= 0.6 is 27.3 Å². The number of halogens is 1. The van der Waals surface area contributed by atoms with Crippen LogP contribution in [0.3, 0.4) is 0 Å². The van der Waals surface area contributed by atoms with Gasteiger partial charge in [0.05, 0.1) is 22.0 Å². The fraction of sp³-hybridized carbons (Fsp3) is 0.429. The monoisotopic (exact) mass is 372 g/mol. The molecular weight excluding hydrogens is 356 g/mol. The molecule has 1 aliphatic heterocycles. The van der Waals surface area contributed by atoms with Crippen molar-refractivity contribution in [1.29, 1.82) is 0 Å². The maximum Gasteiger partial charge on any atom is 0.338 e. The summed E-state index contributed by atoms with van der Waals surface area (Å²) in [5.41, 5.74) is 0.978. The van der Waals surface area contributed by atoms with Gasteiger partial charge in [0.1, 0.15) is 0 Å². The van der Waals surface area contributed by atoms with Crippen LogP contribution in [0.4, 0.5) is 4.79 Å². The number of nitrogens with one attached hydrogen (secondary N) is 2. The number of thiophene rings is 1. The molecule has 2 heterocycles. The number of esters is 1. The number of rotatable bonds is 4. The molecule has 0 saturated heterocycles. The molecule has 5 nitrogen and oxygen atoms in total. The first kappa shape index (κ1) is 16.0. The third kappa shape index (κ3) is 3.85. The van der Waals surface area contributed by atoms with Gasteiger partial charge in [-0.15, -0.1) is 11.3 Å². The van der Waals surface area contributed by atoms with Gasteiger partial charge in [0, 0.05) is 10.6 Å². The second-order valence-corrected chi connectivity index (χ2v) is 7.70. The molecule has 1 aromatic rings. The Morgan fingerprint density at radius 2 is 2.19 bits per heavy atom. The molecule has 0 fully saturated rings. The lowest BCUT2D eigenvalue weighted by atomic mass is 10.0. The first-order chi connectivity index (χ1) is 9.88. The topological polar surface area (TPSA) is 67.4 Å². The summed E-state index contributed by atoms with van der Waals surface area (Å²) in [7, 11) is 0. The van der Waals surface area contributed by atoms with Crippen LogP contribution in [0.1, 0.15) is 31.7 Å². The Labute approximate surface area is 135 Å². The van der Waals surface area contributed by atoms with Crippen molar-refractivity contribution < 1.29 is 14.3 Å². The summed E-state index contributed by atoms with van der Waals surface area (Å²) in [6, 6.07) is 2.98. The predicted molar refractivity (Wildman–Crippen MR) is 84.9 cm³/mol. The van der Waals surface area contributed by atoms with Crippen molar-refractivity contribution in [3.8, 4) is 0 Å². The van der Waals surface area contributed by atoms with Crippen LogP contribution in [0.25, 0.3) is 0 Å². The molecule has 0 aliphatic carbocycles. The molecule has 2 rings (SSSR count). The van der Waals surface area contributed by atoms with E-state index in [-0.39, 0.29) is 11.9 Å². The lowest BCUT2D eigenvalue weighted by Gasteiger charge is -2.27. The minimum Gasteiger partial charge on any atom is -0.462 e. The van der Waals surface area contributed by atoms with Gasteiger partial charge < -0.3 is 15.4 Å². The summed E-state index contributed by atoms with van der Waals surface area (Å²) in [6.07, 6.45) is 0. The summed E-state index contributed by atoms with van der Waals surface area (Å²) < 4.78 is 6.25. The van der Waals surface area contributed by atoms with E-state index in [1.54, 1.807) is 6.92 Å². The molecule has 1 atom stereocenters. The second-order valence-electron chi connectivity index (χ2n) is 5.20. The Balaban J connectivity index is 2.30. The molecule has 2 amide bonds. The minimum absolute atomic E-state index is 0.260. The molecule has 0 spiro atoms. The van der Waals surface area contributed by atoms with Crippen molar-refractivity contribution in [2.45, 2.75) is 26.8 Å². The number of carbonyl (C=O) groups is 2. The van der Waals surface area contributed by atoms with Crippen LogP contribution < -0.4 is 10.6 Å². The van der Waals surface area contributed by atoms with E-state index in [9.17, 15) is 9.59 Å². The third-order valence-electron chi connectivity index (χ3n) is 2.92. The van der Waals surface area contributed by atoms with Crippen LogP contribution in [0, 0.1) is 5.92 Å². The summed E-state index contributed by atoms with van der Waals surface area (Å²) in [4.78, 5) is 24.9. The van der Waals surface area contributed by atoms with E-state index in [0.29, 0.717) is 17.9 Å². The highest BCUT2D eigenvalue weighted by molar-refractivity contribution is 9.11. The van der Waals surface area contributed by atoms with Gasteiger partial charge in [-0.1, -0.05) is 13.8 Å². The number of ether oxygens (including phenoxy) is 1. The summed E-state index contributed by atoms with van der Waals surface area (Å²) in [5.74, 6) is -0.140. The third-order valence-corrected chi connectivity index (χ3v) is 4.60. The van der Waals surface area contributed by atoms with Crippen molar-refractivity contribution in [2.24, 2.45) is 5.92 Å². The number of urea groups is 1. The van der Waals surface area contributed by atoms with Crippen LogP contribution in [-0.4, -0.2) is 18.6 Å². The van der Waals surface area contributed by atoms with E-state index in [0.717, 1.165) is 8.66 Å². The number of allylic oxidation sites excluding steroid dienone is 1. The fourth-order valence-electron chi connectivity index (χ4n) is 1.98. The summed E-state index contributed by atoms with van der Waals surface area (Å²) in [6.45, 7) is 6.01. The Morgan fingerprint density at radius 3 is 2.76 bits per heavy atom. The first-order valence-corrected chi connectivity index (χ1v) is 8.20. The number of hydrogen-bond acceptors (Lipinski definition) is 4. The highest BCUT2D eigenvalue weighted by Gasteiger charge is 2.33. The lowest BCUT2D eigenvalue weighted by molar-refractivity contribution is -0.140. The van der Waals surface area contributed by atoms with E-state index in [1.807, 2.05) is 26.0 Å². The zero-order valence-electron chi connectivity index (χ0n) is 12.0. The van der Waals surface area contributed by atoms with Crippen molar-refractivity contribution in [2.75, 3.05) is 6.61 Å². The molecule has 114 valence electrons. The van der Waals surface area contributed by atoms with Gasteiger partial charge in [-0.05, 0) is 40.9 Å². The Hall–Kier alpha value is -1.34. The molecule has 7 heteroatoms. The zero-order valence-corrected chi connectivity index (χ0v) is 14.4. The van der Waals surface area contributed by atoms with Gasteiger partial charge in [-0.3, -0.25) is 0 Å². The SMILES string of the molecule is CC1=C(C(=O)OCC(C)C)[C@@H](c2ccc(Br)s2)NC(=O)N1. The highest BCUT2D eigenvalue weighted by Crippen LogP contribution is 2.34. The minimum atomic E-state index is -0.477. The van der Waals surface area contributed by atoms with Gasteiger partial charge in [0.2, 0.25) is 0 Å². The average Bonchev–Trinajstić information content (AvgIpc) is 2.81. The van der Waals surface area contributed by atoms with E-state index >= 15 is 0 Å². The van der Waals surface area contributed by atoms with E-state index < -0.39 is 12.0 Å². The van der Waals surface area contributed by atoms with Gasteiger partial charge in [0.15, 0.2) is 0 Å². The summed E-state index contributed by atoms with van der Waals surface area (Å²) >= 11 is 4.87. The van der Waals surface area contributed by atoms with Crippen molar-refractivity contribution in [3.63, 3.8) is 0 Å². The number of carbonyl (C=O) groups excluding carboxylic acids is 2. The number of amides is 2. The van der Waals surface area contributed by atoms with Crippen LogP contribution in [0.15, 0.2) is 27.2 Å². The fourth-order valence-corrected chi connectivity index (χ4v) is 3.47. The molecule has 1 aliphatic rings. The van der Waals surface area contributed by atoms with Gasteiger partial charge in [-0.25, -0.2) is 9.59 Å². The molecule has 0 unspecified atom stereocenters. The van der Waals surface area contributed by atoms with Crippen LogP contribution in [-0.2, 0) is 9.53 Å². The summed E-state index contributed by atoms with van der Waals surface area (Å²) in [5, 5.41) is 5.40. The molecule has 0 radical (unpaired) electrons. The van der Waals surface area contributed by atoms with E-state index in [4.69, 9.17) is 4.74 Å². The van der Waals surface area contributed by atoms with Gasteiger partial charge in [-0.2, -0.15) is 0 Å². The average molecular weight is 373 g/mol. The Bertz CT molecular complexity index is 595. The number of hydrogen-bond donors (Lipinski definition) is 2. The Kier molecular flexibility index (Phi) is 5.05. The normalized spacial score (nSPS) is 18.5. The standard InChI is InChI=1S/C14H17BrN2O3S/c1-7(2)6-20-13(18)11-8(3)16-14(19)17-12(11)9-4-5-10(15)21-9/h4-5,7,12H,6H2,1-3H3,(H2,16,17,19)/t12-/m1/s1. The maximum absolute atomic E-state index is 12.3. The van der Waals surface area contributed by atoms with Crippen molar-refractivity contribution >= 4 is 39.3 Å². The molecule has 0 aromatic carbocycles. The van der Waals surface area contributed by atoms with Crippen LogP contribution in [0.5, 0.6) is 0 Å². The smallest absolute Gasteiger partial charge is 0.338 e. The lowest BCUT2D eigenvalue weighted by Crippen LogP contribution is -2.45.